The second kappa shape index (κ2) is 13.5. The van der Waals surface area contributed by atoms with Gasteiger partial charge in [-0.15, -0.1) is 0 Å². The molecule has 0 aromatic rings. The third-order valence-electron chi connectivity index (χ3n) is 3.92. The Bertz CT molecular complexity index is 563. The minimum atomic E-state index is -1.29. The average Bonchev–Trinajstić information content (AvgIpc) is 2.60. The number of primary amides is 1. The number of unbranched alkanes of at least 4 members (excludes halogenated alkanes) is 1. The van der Waals surface area contributed by atoms with Crippen molar-refractivity contribution in [3.63, 3.8) is 0 Å². The van der Waals surface area contributed by atoms with Crippen LogP contribution in [0, 0.1) is 5.92 Å². The average molecular weight is 401 g/mol. The number of rotatable bonds is 14. The lowest BCUT2D eigenvalue weighted by atomic mass is 10.0. The number of carboxylic acids is 1. The van der Waals surface area contributed by atoms with Crippen LogP contribution in [0.15, 0.2) is 0 Å². The molecule has 0 aromatic heterocycles. The number of esters is 1. The maximum atomic E-state index is 12.5. The summed E-state index contributed by atoms with van der Waals surface area (Å²) < 4.78 is 4.52. The van der Waals surface area contributed by atoms with Gasteiger partial charge in [0.2, 0.25) is 17.7 Å². The molecule has 0 unspecified atom stereocenters. The number of carbonyl (C=O) groups is 5. The number of hydrogen-bond acceptors (Lipinski definition) is 6. The first-order chi connectivity index (χ1) is 13.1. The third-order valence-corrected chi connectivity index (χ3v) is 3.92. The molecule has 2 atom stereocenters. The monoisotopic (exact) mass is 401 g/mol. The van der Waals surface area contributed by atoms with E-state index in [1.54, 1.807) is 0 Å². The molecular formula is C18H31N3O7. The van der Waals surface area contributed by atoms with Gasteiger partial charge in [0, 0.05) is 19.3 Å². The number of aliphatic carboxylic acids is 1. The molecule has 0 aliphatic carbocycles. The summed E-state index contributed by atoms with van der Waals surface area (Å²) in [5.74, 6) is -3.23. The van der Waals surface area contributed by atoms with E-state index in [9.17, 15) is 29.1 Å². The largest absolute Gasteiger partial charge is 0.480 e. The Morgan fingerprint density at radius 3 is 2.07 bits per heavy atom. The van der Waals surface area contributed by atoms with Gasteiger partial charge in [-0.25, -0.2) is 4.79 Å². The highest BCUT2D eigenvalue weighted by Crippen LogP contribution is 2.08. The predicted octanol–water partition coefficient (Wildman–Crippen LogP) is 0.0856. The summed E-state index contributed by atoms with van der Waals surface area (Å²) in [6, 6.07) is -2.17. The molecule has 0 aromatic carbocycles. The quantitative estimate of drug-likeness (QED) is 0.236. The van der Waals surface area contributed by atoms with E-state index in [1.165, 1.54) is 7.11 Å². The van der Waals surface area contributed by atoms with Crippen LogP contribution in [0.1, 0.15) is 58.8 Å². The van der Waals surface area contributed by atoms with Crippen LogP contribution in [0.3, 0.4) is 0 Å². The van der Waals surface area contributed by atoms with Crippen LogP contribution < -0.4 is 16.4 Å². The predicted molar refractivity (Wildman–Crippen MR) is 99.9 cm³/mol. The molecule has 0 aliphatic heterocycles. The molecular weight excluding hydrogens is 370 g/mol. The Balaban J connectivity index is 4.74. The zero-order valence-electron chi connectivity index (χ0n) is 16.7. The van der Waals surface area contributed by atoms with Gasteiger partial charge in [0.25, 0.3) is 0 Å². The van der Waals surface area contributed by atoms with Crippen LogP contribution in [-0.4, -0.2) is 54.0 Å². The van der Waals surface area contributed by atoms with E-state index in [0.29, 0.717) is 19.3 Å². The maximum Gasteiger partial charge on any atom is 0.326 e. The molecule has 0 aliphatic rings. The van der Waals surface area contributed by atoms with E-state index in [-0.39, 0.29) is 43.5 Å². The van der Waals surface area contributed by atoms with Crippen LogP contribution in [0.25, 0.3) is 0 Å². The van der Waals surface area contributed by atoms with E-state index in [1.807, 2.05) is 13.8 Å². The second-order valence-corrected chi connectivity index (χ2v) is 6.94. The SMILES string of the molecule is COC(=O)CCCCC(=O)N[C@@H](CC(C)C)C(=O)N[C@@H](CCC(N)=O)C(=O)O. The van der Waals surface area contributed by atoms with Gasteiger partial charge in [-0.05, 0) is 31.6 Å². The summed E-state index contributed by atoms with van der Waals surface area (Å²) in [6.07, 6.45) is 1.28. The molecule has 160 valence electrons. The zero-order valence-corrected chi connectivity index (χ0v) is 16.7. The number of methoxy groups -OCH3 is 1. The van der Waals surface area contributed by atoms with Crippen LogP contribution in [-0.2, 0) is 28.7 Å². The number of carbonyl (C=O) groups excluding carboxylic acids is 4. The smallest absolute Gasteiger partial charge is 0.326 e. The van der Waals surface area contributed by atoms with Gasteiger partial charge in [-0.1, -0.05) is 13.8 Å². The van der Waals surface area contributed by atoms with E-state index in [2.05, 4.69) is 15.4 Å². The number of carboxylic acid groups (broad SMARTS) is 1. The summed E-state index contributed by atoms with van der Waals surface area (Å²) >= 11 is 0. The van der Waals surface area contributed by atoms with Crippen LogP contribution in [0.2, 0.25) is 0 Å². The Kier molecular flexibility index (Phi) is 12.2. The highest BCUT2D eigenvalue weighted by Gasteiger charge is 2.27. The van der Waals surface area contributed by atoms with Crippen molar-refractivity contribution in [3.05, 3.63) is 0 Å². The van der Waals surface area contributed by atoms with Gasteiger partial charge in [-0.3, -0.25) is 19.2 Å². The van der Waals surface area contributed by atoms with Gasteiger partial charge < -0.3 is 26.2 Å². The van der Waals surface area contributed by atoms with Crippen molar-refractivity contribution in [2.24, 2.45) is 11.7 Å². The van der Waals surface area contributed by atoms with Gasteiger partial charge in [0.15, 0.2) is 0 Å². The molecule has 5 N–H and O–H groups in total. The Morgan fingerprint density at radius 1 is 0.964 bits per heavy atom. The maximum absolute atomic E-state index is 12.5. The molecule has 0 saturated carbocycles. The lowest BCUT2D eigenvalue weighted by Gasteiger charge is -2.22. The lowest BCUT2D eigenvalue weighted by Crippen LogP contribution is -2.52. The number of nitrogens with two attached hydrogens (primary N) is 1. The van der Waals surface area contributed by atoms with Crippen molar-refractivity contribution in [2.75, 3.05) is 7.11 Å². The summed E-state index contributed by atoms with van der Waals surface area (Å²) in [6.45, 7) is 3.73. The van der Waals surface area contributed by atoms with Gasteiger partial charge in [0.05, 0.1) is 7.11 Å². The first kappa shape index (κ1) is 25.4. The topological polar surface area (TPSA) is 165 Å². The standard InChI is InChI=1S/C18H31N3O7/c1-11(2)10-13(20-15(23)6-4-5-7-16(24)28-3)17(25)21-12(18(26)27)8-9-14(19)22/h11-13H,4-10H2,1-3H3,(H2,19,22)(H,20,23)(H,21,25)(H,26,27)/t12-,13-/m0/s1. The molecule has 10 heteroatoms. The van der Waals surface area contributed by atoms with Crippen molar-refractivity contribution in [2.45, 2.75) is 70.9 Å². The van der Waals surface area contributed by atoms with Crippen molar-refractivity contribution in [1.29, 1.82) is 0 Å². The lowest BCUT2D eigenvalue weighted by molar-refractivity contribution is -0.143. The summed E-state index contributed by atoms with van der Waals surface area (Å²) in [5.41, 5.74) is 5.02. The Labute approximate surface area is 164 Å². The highest BCUT2D eigenvalue weighted by atomic mass is 16.5. The van der Waals surface area contributed by atoms with E-state index in [0.717, 1.165) is 0 Å². The zero-order chi connectivity index (χ0) is 21.7. The third kappa shape index (κ3) is 11.9. The van der Waals surface area contributed by atoms with Gasteiger partial charge >= 0.3 is 11.9 Å². The fourth-order valence-corrected chi connectivity index (χ4v) is 2.44. The van der Waals surface area contributed by atoms with Gasteiger partial charge in [-0.2, -0.15) is 0 Å². The molecule has 3 amide bonds. The molecule has 0 fully saturated rings. The summed E-state index contributed by atoms with van der Waals surface area (Å²) in [5, 5.41) is 14.2. The molecule has 0 heterocycles. The first-order valence-corrected chi connectivity index (χ1v) is 9.24. The van der Waals surface area contributed by atoms with E-state index >= 15 is 0 Å². The Morgan fingerprint density at radius 2 is 1.57 bits per heavy atom. The van der Waals surface area contributed by atoms with Crippen LogP contribution in [0.4, 0.5) is 0 Å². The minimum Gasteiger partial charge on any atom is -0.480 e. The first-order valence-electron chi connectivity index (χ1n) is 9.24. The van der Waals surface area contributed by atoms with Crippen LogP contribution >= 0.6 is 0 Å². The summed E-state index contributed by atoms with van der Waals surface area (Å²) in [7, 11) is 1.29. The van der Waals surface area contributed by atoms with Crippen molar-refractivity contribution in [1.82, 2.24) is 10.6 Å². The molecule has 0 bridgehead atoms. The number of ether oxygens (including phenoxy) is 1. The molecule has 0 spiro atoms. The van der Waals surface area contributed by atoms with Gasteiger partial charge in [0.1, 0.15) is 12.1 Å². The fraction of sp³-hybridized carbons (Fsp3) is 0.722. The molecule has 28 heavy (non-hydrogen) atoms. The highest BCUT2D eigenvalue weighted by molar-refractivity contribution is 5.90. The Hall–Kier alpha value is -2.65. The normalized spacial score (nSPS) is 12.7. The van der Waals surface area contributed by atoms with E-state index in [4.69, 9.17) is 5.73 Å². The summed E-state index contributed by atoms with van der Waals surface area (Å²) in [4.78, 5) is 57.7. The van der Waals surface area contributed by atoms with E-state index < -0.39 is 29.9 Å². The minimum absolute atomic E-state index is 0.0734. The number of hydrogen-bond donors (Lipinski definition) is 4. The van der Waals surface area contributed by atoms with Crippen molar-refractivity contribution in [3.8, 4) is 0 Å². The fourth-order valence-electron chi connectivity index (χ4n) is 2.44. The van der Waals surface area contributed by atoms with Crippen LogP contribution in [0.5, 0.6) is 0 Å². The van der Waals surface area contributed by atoms with Crippen molar-refractivity contribution >= 4 is 29.7 Å². The molecule has 0 radical (unpaired) electrons. The second-order valence-electron chi connectivity index (χ2n) is 6.94. The molecule has 0 rings (SSSR count). The number of amides is 3. The molecule has 10 nitrogen and oxygen atoms in total. The number of nitrogens with one attached hydrogen (secondary N) is 2. The van der Waals surface area contributed by atoms with Crippen molar-refractivity contribution < 1.29 is 33.8 Å². The molecule has 0 saturated heterocycles.